The standard InChI is InChI=1S/C26H33N7O/c1-18(2)28-13-12-24(27)29-16-25(34)33-21-9-6-14-32(17-21)23-11-10-22(30-26(23)33)19-7-5-8-20(15-19)31(3)4/h5,7-8,10-11,13,15,21H,1,6,9,12,14,16-17H2,2-4H3,(H2,27,29). The van der Waals surface area contributed by atoms with E-state index in [2.05, 4.69) is 50.6 Å². The first-order valence-corrected chi connectivity index (χ1v) is 11.7. The fourth-order valence-corrected chi connectivity index (χ4v) is 4.45. The second kappa shape index (κ2) is 10.1. The van der Waals surface area contributed by atoms with Crippen molar-refractivity contribution >= 4 is 35.2 Å². The molecule has 0 radical (unpaired) electrons. The lowest BCUT2D eigenvalue weighted by molar-refractivity contribution is -0.117. The smallest absolute Gasteiger partial charge is 0.250 e. The summed E-state index contributed by atoms with van der Waals surface area (Å²) in [5.74, 6) is 1.01. The van der Waals surface area contributed by atoms with E-state index >= 15 is 0 Å². The number of hydrogen-bond donors (Lipinski definition) is 1. The molecule has 2 aromatic rings. The largest absolute Gasteiger partial charge is 0.387 e. The van der Waals surface area contributed by atoms with Crippen LogP contribution in [-0.2, 0) is 4.79 Å². The average molecular weight is 460 g/mol. The van der Waals surface area contributed by atoms with Gasteiger partial charge in [-0.15, -0.1) is 0 Å². The molecular formula is C26H33N7O. The van der Waals surface area contributed by atoms with Gasteiger partial charge in [-0.05, 0) is 44.0 Å². The van der Waals surface area contributed by atoms with Crippen LogP contribution in [0.25, 0.3) is 11.3 Å². The number of benzene rings is 1. The minimum atomic E-state index is -0.0840. The van der Waals surface area contributed by atoms with Gasteiger partial charge >= 0.3 is 0 Å². The molecule has 2 N–H and O–H groups in total. The van der Waals surface area contributed by atoms with Crippen LogP contribution in [0.2, 0.25) is 0 Å². The maximum absolute atomic E-state index is 13.4. The van der Waals surface area contributed by atoms with Gasteiger partial charge in [0.05, 0.1) is 23.3 Å². The molecule has 1 saturated heterocycles. The van der Waals surface area contributed by atoms with Gasteiger partial charge < -0.3 is 15.5 Å². The molecule has 34 heavy (non-hydrogen) atoms. The molecule has 3 heterocycles. The maximum Gasteiger partial charge on any atom is 0.250 e. The molecule has 2 bridgehead atoms. The third-order valence-corrected chi connectivity index (χ3v) is 6.14. The Bertz CT molecular complexity index is 1140. The zero-order chi connectivity index (χ0) is 24.2. The molecular weight excluding hydrogens is 426 g/mol. The van der Waals surface area contributed by atoms with Crippen molar-refractivity contribution in [3.8, 4) is 11.3 Å². The van der Waals surface area contributed by atoms with Crippen LogP contribution in [-0.4, -0.2) is 62.7 Å². The number of nitrogens with two attached hydrogens (primary N) is 1. The summed E-state index contributed by atoms with van der Waals surface area (Å²) in [6, 6.07) is 12.5. The van der Waals surface area contributed by atoms with Gasteiger partial charge in [-0.1, -0.05) is 18.7 Å². The maximum atomic E-state index is 13.4. The molecule has 1 atom stereocenters. The van der Waals surface area contributed by atoms with Crippen molar-refractivity contribution in [1.29, 1.82) is 0 Å². The van der Waals surface area contributed by atoms with E-state index in [-0.39, 0.29) is 18.5 Å². The molecule has 4 rings (SSSR count). The van der Waals surface area contributed by atoms with Crippen molar-refractivity contribution in [2.24, 2.45) is 15.7 Å². The summed E-state index contributed by atoms with van der Waals surface area (Å²) in [5.41, 5.74) is 10.7. The Morgan fingerprint density at radius 2 is 2.15 bits per heavy atom. The van der Waals surface area contributed by atoms with Crippen LogP contribution in [0, 0.1) is 0 Å². The normalized spacial score (nSPS) is 17.6. The summed E-state index contributed by atoms with van der Waals surface area (Å²) in [5, 5.41) is 0. The van der Waals surface area contributed by atoms with Crippen LogP contribution in [0.15, 0.2) is 58.7 Å². The van der Waals surface area contributed by atoms with E-state index in [1.165, 1.54) is 0 Å². The number of allylic oxidation sites excluding steroid dienone is 1. The second-order valence-electron chi connectivity index (χ2n) is 9.05. The number of aliphatic imine (C=N–C) groups is 2. The second-order valence-corrected chi connectivity index (χ2v) is 9.05. The van der Waals surface area contributed by atoms with Crippen molar-refractivity contribution in [1.82, 2.24) is 4.98 Å². The van der Waals surface area contributed by atoms with Crippen molar-refractivity contribution in [3.05, 3.63) is 48.7 Å². The SMILES string of the molecule is C=C(C)N=CCC(N)=NCC(=O)N1c2nc(-c3cccc(N(C)C)c3)ccc2N2CCCC1C2. The van der Waals surface area contributed by atoms with Crippen LogP contribution in [0.4, 0.5) is 17.2 Å². The minimum Gasteiger partial charge on any atom is -0.387 e. The number of fused-ring (bicyclic) bond motifs is 4. The Balaban J connectivity index is 1.63. The quantitative estimate of drug-likeness (QED) is 0.506. The number of hydrogen-bond acceptors (Lipinski definition) is 6. The number of amides is 1. The third kappa shape index (κ3) is 5.11. The molecule has 0 spiro atoms. The summed E-state index contributed by atoms with van der Waals surface area (Å²) in [4.78, 5) is 33.1. The monoisotopic (exact) mass is 459 g/mol. The van der Waals surface area contributed by atoms with Gasteiger partial charge in [0, 0.05) is 56.8 Å². The van der Waals surface area contributed by atoms with Crippen molar-refractivity contribution in [3.63, 3.8) is 0 Å². The summed E-state index contributed by atoms with van der Waals surface area (Å²) < 4.78 is 0. The van der Waals surface area contributed by atoms with Gasteiger partial charge in [0.2, 0.25) is 5.91 Å². The summed E-state index contributed by atoms with van der Waals surface area (Å²) in [6.07, 6.45) is 4.05. The highest BCUT2D eigenvalue weighted by Crippen LogP contribution is 2.39. The lowest BCUT2D eigenvalue weighted by atomic mass is 9.99. The van der Waals surface area contributed by atoms with E-state index < -0.39 is 0 Å². The first-order chi connectivity index (χ1) is 16.3. The number of aromatic nitrogens is 1. The highest BCUT2D eigenvalue weighted by molar-refractivity contribution is 6.01. The number of rotatable bonds is 7. The molecule has 1 unspecified atom stereocenters. The molecule has 1 fully saturated rings. The first kappa shape index (κ1) is 23.5. The Hall–Kier alpha value is -3.68. The van der Waals surface area contributed by atoms with E-state index in [4.69, 9.17) is 10.7 Å². The van der Waals surface area contributed by atoms with E-state index in [0.717, 1.165) is 48.6 Å². The molecule has 178 valence electrons. The Morgan fingerprint density at radius 1 is 1.32 bits per heavy atom. The molecule has 1 amide bonds. The molecule has 8 nitrogen and oxygen atoms in total. The van der Waals surface area contributed by atoms with Gasteiger partial charge in [0.15, 0.2) is 5.82 Å². The van der Waals surface area contributed by atoms with Gasteiger partial charge in [0.1, 0.15) is 6.54 Å². The highest BCUT2D eigenvalue weighted by atomic mass is 16.2. The van der Waals surface area contributed by atoms with E-state index in [0.29, 0.717) is 23.8 Å². The fraction of sp³-hybridized carbons (Fsp3) is 0.385. The summed E-state index contributed by atoms with van der Waals surface area (Å²) >= 11 is 0. The fourth-order valence-electron chi connectivity index (χ4n) is 4.45. The highest BCUT2D eigenvalue weighted by Gasteiger charge is 2.38. The van der Waals surface area contributed by atoms with Crippen molar-refractivity contribution < 1.29 is 4.79 Å². The zero-order valence-corrected chi connectivity index (χ0v) is 20.2. The van der Waals surface area contributed by atoms with Gasteiger partial charge in [0.25, 0.3) is 0 Å². The average Bonchev–Trinajstić information content (AvgIpc) is 2.82. The van der Waals surface area contributed by atoms with Gasteiger partial charge in [-0.25, -0.2) is 4.98 Å². The van der Waals surface area contributed by atoms with Crippen LogP contribution in [0.5, 0.6) is 0 Å². The topological polar surface area (TPSA) is 90.4 Å². The Labute approximate surface area is 201 Å². The number of amidine groups is 1. The number of carbonyl (C=O) groups is 1. The number of nitrogens with zero attached hydrogens (tertiary/aromatic N) is 6. The van der Waals surface area contributed by atoms with Crippen LogP contribution < -0.4 is 20.4 Å². The summed E-state index contributed by atoms with van der Waals surface area (Å²) in [7, 11) is 4.04. The van der Waals surface area contributed by atoms with Gasteiger partial charge in [-0.2, -0.15) is 0 Å². The molecule has 0 saturated carbocycles. The Morgan fingerprint density at radius 3 is 2.91 bits per heavy atom. The predicted molar refractivity (Wildman–Crippen MR) is 141 cm³/mol. The Kier molecular flexibility index (Phi) is 6.95. The third-order valence-electron chi connectivity index (χ3n) is 6.14. The van der Waals surface area contributed by atoms with Crippen LogP contribution in [0.3, 0.4) is 0 Å². The van der Waals surface area contributed by atoms with E-state index in [1.54, 1.807) is 6.21 Å². The number of carbonyl (C=O) groups excluding carboxylic acids is 1. The van der Waals surface area contributed by atoms with E-state index in [1.807, 2.05) is 38.1 Å². The van der Waals surface area contributed by atoms with E-state index in [9.17, 15) is 4.79 Å². The molecule has 2 aliphatic rings. The van der Waals surface area contributed by atoms with Gasteiger partial charge in [-0.3, -0.25) is 19.7 Å². The number of piperidine rings is 1. The molecule has 0 aliphatic carbocycles. The molecule has 1 aromatic heterocycles. The van der Waals surface area contributed by atoms with Crippen molar-refractivity contribution in [2.75, 3.05) is 48.4 Å². The minimum absolute atomic E-state index is 0.00922. The zero-order valence-electron chi connectivity index (χ0n) is 20.2. The van der Waals surface area contributed by atoms with Crippen molar-refractivity contribution in [2.45, 2.75) is 32.2 Å². The number of anilines is 3. The lowest BCUT2D eigenvalue weighted by Gasteiger charge is -2.46. The molecule has 8 heteroatoms. The first-order valence-electron chi connectivity index (χ1n) is 11.7. The summed E-state index contributed by atoms with van der Waals surface area (Å²) in [6.45, 7) is 7.33. The van der Waals surface area contributed by atoms with Crippen LogP contribution in [0.1, 0.15) is 26.2 Å². The predicted octanol–water partition coefficient (Wildman–Crippen LogP) is 3.48. The molecule has 2 aliphatic heterocycles. The molecule has 1 aromatic carbocycles. The lowest BCUT2D eigenvalue weighted by Crippen LogP contribution is -2.55. The van der Waals surface area contributed by atoms with Crippen LogP contribution >= 0.6 is 0 Å². The number of pyridine rings is 1.